The average Bonchev–Trinajstić information content (AvgIpc) is 2.68. The first-order valence-electron chi connectivity index (χ1n) is 10.2. The van der Waals surface area contributed by atoms with Crippen LogP contribution in [0.3, 0.4) is 0 Å². The summed E-state index contributed by atoms with van der Waals surface area (Å²) in [5.41, 5.74) is 1.65. The molecule has 1 aliphatic heterocycles. The first-order valence-corrected chi connectivity index (χ1v) is 12.8. The molecule has 1 aliphatic rings. The first-order chi connectivity index (χ1) is 15.0. The third kappa shape index (κ3) is 6.63. The lowest BCUT2D eigenvalue weighted by Gasteiger charge is -2.34. The molecule has 32 heavy (non-hydrogen) atoms. The monoisotopic (exact) mass is 504 g/mol. The van der Waals surface area contributed by atoms with Gasteiger partial charge in [-0.2, -0.15) is 0 Å². The van der Waals surface area contributed by atoms with Gasteiger partial charge in [0.25, 0.3) is 0 Å². The van der Waals surface area contributed by atoms with E-state index in [1.807, 2.05) is 0 Å². The Balaban J connectivity index is 1.71. The van der Waals surface area contributed by atoms with Gasteiger partial charge >= 0.3 is 0 Å². The number of halogens is 4. The van der Waals surface area contributed by atoms with Gasteiger partial charge in [0.2, 0.25) is 15.9 Å². The number of sulfonamides is 1. The number of carbonyl (C=O) groups is 1. The summed E-state index contributed by atoms with van der Waals surface area (Å²) in [6.07, 6.45) is 3.46. The number of nitrogens with zero attached hydrogens (tertiary/aromatic N) is 1. The summed E-state index contributed by atoms with van der Waals surface area (Å²) in [5, 5.41) is 0.649. The fourth-order valence-electron chi connectivity index (χ4n) is 3.86. The maximum atomic E-state index is 14.1. The van der Waals surface area contributed by atoms with Gasteiger partial charge in [0.1, 0.15) is 11.6 Å². The molecule has 0 spiro atoms. The minimum Gasteiger partial charge on any atom is -0.309 e. The van der Waals surface area contributed by atoms with Crippen molar-refractivity contribution in [2.24, 2.45) is 5.92 Å². The van der Waals surface area contributed by atoms with Crippen molar-refractivity contribution >= 4 is 44.8 Å². The van der Waals surface area contributed by atoms with Crippen LogP contribution >= 0.6 is 23.2 Å². The molecule has 1 fully saturated rings. The molecule has 1 heterocycles. The lowest BCUT2D eigenvalue weighted by atomic mass is 9.90. The van der Waals surface area contributed by atoms with Crippen molar-refractivity contribution in [2.75, 3.05) is 24.2 Å². The van der Waals surface area contributed by atoms with E-state index in [1.165, 1.54) is 17.0 Å². The predicted molar refractivity (Wildman–Crippen MR) is 123 cm³/mol. The number of nitrogens with one attached hydrogen (secondary N) is 1. The highest BCUT2D eigenvalue weighted by Crippen LogP contribution is 2.38. The summed E-state index contributed by atoms with van der Waals surface area (Å²) < 4.78 is 52.0. The Morgan fingerprint density at radius 1 is 1.16 bits per heavy atom. The molecule has 2 aromatic carbocycles. The van der Waals surface area contributed by atoms with Crippen LogP contribution in [0.4, 0.5) is 14.5 Å². The zero-order chi connectivity index (χ0) is 23.5. The second-order valence-corrected chi connectivity index (χ2v) is 10.7. The number of amides is 1. The van der Waals surface area contributed by atoms with E-state index in [-0.39, 0.29) is 18.2 Å². The Morgan fingerprint density at radius 2 is 1.84 bits per heavy atom. The first kappa shape index (κ1) is 24.9. The normalized spacial score (nSPS) is 17.1. The molecule has 1 unspecified atom stereocenters. The number of benzene rings is 2. The van der Waals surface area contributed by atoms with Gasteiger partial charge in [0, 0.05) is 25.6 Å². The van der Waals surface area contributed by atoms with Crippen molar-refractivity contribution in [1.29, 1.82) is 0 Å². The van der Waals surface area contributed by atoms with Crippen molar-refractivity contribution in [2.45, 2.75) is 32.1 Å². The molecule has 1 saturated heterocycles. The van der Waals surface area contributed by atoms with E-state index in [4.69, 9.17) is 23.2 Å². The molecule has 0 bridgehead atoms. The maximum Gasteiger partial charge on any atom is 0.227 e. The van der Waals surface area contributed by atoms with Crippen molar-refractivity contribution in [3.63, 3.8) is 0 Å². The van der Waals surface area contributed by atoms with Crippen molar-refractivity contribution in [3.05, 3.63) is 63.1 Å². The highest BCUT2D eigenvalue weighted by atomic mass is 35.5. The zero-order valence-electron chi connectivity index (χ0n) is 17.5. The van der Waals surface area contributed by atoms with E-state index in [0.717, 1.165) is 17.9 Å². The van der Waals surface area contributed by atoms with Gasteiger partial charge in [-0.05, 0) is 60.9 Å². The van der Waals surface area contributed by atoms with Crippen LogP contribution in [-0.2, 0) is 27.7 Å². The summed E-state index contributed by atoms with van der Waals surface area (Å²) in [7, 11) is -3.24. The van der Waals surface area contributed by atoms with E-state index >= 15 is 0 Å². The van der Waals surface area contributed by atoms with Crippen LogP contribution in [0.25, 0.3) is 0 Å². The van der Waals surface area contributed by atoms with Gasteiger partial charge in [-0.1, -0.05) is 29.3 Å². The molecular weight excluding hydrogens is 481 g/mol. The van der Waals surface area contributed by atoms with Crippen LogP contribution in [0.15, 0.2) is 30.3 Å². The number of aryl methyl sites for hydroxylation is 1. The van der Waals surface area contributed by atoms with E-state index in [9.17, 15) is 22.0 Å². The molecule has 0 aliphatic carbocycles. The van der Waals surface area contributed by atoms with Crippen molar-refractivity contribution < 1.29 is 22.0 Å². The van der Waals surface area contributed by atoms with Gasteiger partial charge in [-0.25, -0.2) is 21.9 Å². The van der Waals surface area contributed by atoms with Crippen LogP contribution in [0.2, 0.25) is 10.0 Å². The topological polar surface area (TPSA) is 66.5 Å². The lowest BCUT2D eigenvalue weighted by Crippen LogP contribution is -2.41. The second-order valence-electron chi connectivity index (χ2n) is 8.03. The summed E-state index contributed by atoms with van der Waals surface area (Å²) in [4.78, 5) is 14.2. The summed E-state index contributed by atoms with van der Waals surface area (Å²) in [6.45, 7) is 0.620. The fraction of sp³-hybridized carbons (Fsp3) is 0.409. The quantitative estimate of drug-likeness (QED) is 0.528. The zero-order valence-corrected chi connectivity index (χ0v) is 19.8. The molecule has 0 aromatic heterocycles. The van der Waals surface area contributed by atoms with Crippen LogP contribution in [-0.4, -0.2) is 33.7 Å². The smallest absolute Gasteiger partial charge is 0.227 e. The van der Waals surface area contributed by atoms with Crippen molar-refractivity contribution in [3.8, 4) is 0 Å². The van der Waals surface area contributed by atoms with E-state index in [0.29, 0.717) is 60.1 Å². The second kappa shape index (κ2) is 10.5. The van der Waals surface area contributed by atoms with E-state index < -0.39 is 21.7 Å². The van der Waals surface area contributed by atoms with Gasteiger partial charge in [0.15, 0.2) is 0 Å². The van der Waals surface area contributed by atoms with E-state index in [1.54, 1.807) is 12.1 Å². The Labute approximate surface area is 196 Å². The number of hydrogen-bond donors (Lipinski definition) is 1. The molecule has 10 heteroatoms. The third-order valence-corrected chi connectivity index (χ3v) is 6.69. The number of hydrogen-bond acceptors (Lipinski definition) is 3. The summed E-state index contributed by atoms with van der Waals surface area (Å²) in [5.74, 6) is -1.37. The molecule has 5 nitrogen and oxygen atoms in total. The largest absolute Gasteiger partial charge is 0.309 e. The molecule has 0 saturated carbocycles. The minimum absolute atomic E-state index is 0.0264. The maximum absolute atomic E-state index is 14.1. The Kier molecular flexibility index (Phi) is 8.14. The van der Waals surface area contributed by atoms with Gasteiger partial charge < -0.3 is 4.90 Å². The van der Waals surface area contributed by atoms with Crippen LogP contribution in [0.5, 0.6) is 0 Å². The Bertz CT molecular complexity index is 1090. The van der Waals surface area contributed by atoms with Crippen molar-refractivity contribution in [1.82, 2.24) is 4.72 Å². The van der Waals surface area contributed by atoms with Gasteiger partial charge in [0.05, 0.1) is 22.0 Å². The van der Waals surface area contributed by atoms with Crippen LogP contribution < -0.4 is 9.62 Å². The number of carbonyl (C=O) groups excluding carboxylic acids is 1. The number of piperidine rings is 1. The Hall–Kier alpha value is -1.74. The SMILES string of the molecule is CS(=O)(=O)NCCCc1cc(Cl)c(N2CC(Cc3ccc(F)cc3F)CCC2=O)c(Cl)c1. The highest BCUT2D eigenvalue weighted by molar-refractivity contribution is 7.88. The molecule has 174 valence electrons. The summed E-state index contributed by atoms with van der Waals surface area (Å²) in [6, 6.07) is 6.96. The third-order valence-electron chi connectivity index (χ3n) is 5.39. The van der Waals surface area contributed by atoms with E-state index in [2.05, 4.69) is 4.72 Å². The van der Waals surface area contributed by atoms with Gasteiger partial charge in [-0.3, -0.25) is 4.79 Å². The summed E-state index contributed by atoms with van der Waals surface area (Å²) >= 11 is 13.0. The molecule has 1 N–H and O–H groups in total. The molecule has 0 radical (unpaired) electrons. The average molecular weight is 505 g/mol. The number of rotatable bonds is 8. The lowest BCUT2D eigenvalue weighted by molar-refractivity contribution is -0.120. The highest BCUT2D eigenvalue weighted by Gasteiger charge is 2.30. The number of anilines is 1. The van der Waals surface area contributed by atoms with Crippen LogP contribution in [0, 0.1) is 17.6 Å². The minimum atomic E-state index is -3.24. The van der Waals surface area contributed by atoms with Gasteiger partial charge in [-0.15, -0.1) is 0 Å². The Morgan fingerprint density at radius 3 is 2.47 bits per heavy atom. The molecule has 3 rings (SSSR count). The predicted octanol–water partition coefficient (Wildman–Crippen LogP) is 4.74. The standard InChI is InChI=1S/C22H24Cl2F2N2O3S/c1-32(30,31)27-8-2-3-14-10-18(23)22(19(24)11-14)28-13-15(4-7-21(28)29)9-16-5-6-17(25)12-20(16)26/h5-6,10-12,15,27H,2-4,7-9,13H2,1H3. The van der Waals surface area contributed by atoms with Crippen LogP contribution in [0.1, 0.15) is 30.4 Å². The molecular formula is C22H24Cl2F2N2O3S. The fourth-order valence-corrected chi connectivity index (χ4v) is 5.12. The molecule has 1 atom stereocenters. The molecule has 1 amide bonds. The molecule has 2 aromatic rings.